The van der Waals surface area contributed by atoms with Gasteiger partial charge in [-0.25, -0.2) is 4.98 Å². The first-order valence-electron chi connectivity index (χ1n) is 6.53. The topological polar surface area (TPSA) is 85.8 Å². The molecule has 0 radical (unpaired) electrons. The molecule has 1 aliphatic heterocycles. The van der Waals surface area contributed by atoms with E-state index in [4.69, 9.17) is 5.73 Å². The second kappa shape index (κ2) is 4.33. The standard InChI is InChI=1S/C14H17N5O/c1-7-13(8(2)19(3)18-7)10-6-12(20)17-14-9(10)4-5-11(15)16-14/h4-5,10H,6H2,1-3H3,(H3,15,16,17,20)/t10-/m0/s1. The molecule has 0 fully saturated rings. The number of nitrogens with one attached hydrogen (secondary N) is 1. The number of anilines is 2. The number of hydrogen-bond acceptors (Lipinski definition) is 4. The molecule has 0 bridgehead atoms. The number of carbonyl (C=O) groups is 1. The molecule has 2 aromatic rings. The Kier molecular flexibility index (Phi) is 2.74. The van der Waals surface area contributed by atoms with Crippen LogP contribution in [-0.2, 0) is 11.8 Å². The molecule has 1 amide bonds. The lowest BCUT2D eigenvalue weighted by Gasteiger charge is -2.25. The number of nitrogen functional groups attached to an aromatic ring is 1. The minimum atomic E-state index is -0.0387. The first-order valence-corrected chi connectivity index (χ1v) is 6.53. The molecule has 20 heavy (non-hydrogen) atoms. The fourth-order valence-electron chi connectivity index (χ4n) is 2.90. The van der Waals surface area contributed by atoms with E-state index in [0.717, 1.165) is 22.5 Å². The summed E-state index contributed by atoms with van der Waals surface area (Å²) in [5.74, 6) is 0.919. The molecule has 3 heterocycles. The normalized spacial score (nSPS) is 17.8. The van der Waals surface area contributed by atoms with Gasteiger partial charge in [0.15, 0.2) is 0 Å². The molecule has 0 aromatic carbocycles. The van der Waals surface area contributed by atoms with E-state index < -0.39 is 0 Å². The number of nitrogens with zero attached hydrogens (tertiary/aromatic N) is 3. The van der Waals surface area contributed by atoms with Gasteiger partial charge in [0.2, 0.25) is 5.91 Å². The molecule has 3 N–H and O–H groups in total. The van der Waals surface area contributed by atoms with E-state index in [0.29, 0.717) is 18.1 Å². The van der Waals surface area contributed by atoms with Gasteiger partial charge in [-0.3, -0.25) is 9.48 Å². The van der Waals surface area contributed by atoms with Crippen LogP contribution >= 0.6 is 0 Å². The first kappa shape index (κ1) is 12.7. The lowest BCUT2D eigenvalue weighted by molar-refractivity contribution is -0.116. The Hall–Kier alpha value is -2.37. The van der Waals surface area contributed by atoms with Crippen LogP contribution in [0.4, 0.5) is 11.6 Å². The van der Waals surface area contributed by atoms with Crippen LogP contribution in [0.15, 0.2) is 12.1 Å². The minimum Gasteiger partial charge on any atom is -0.384 e. The summed E-state index contributed by atoms with van der Waals surface area (Å²) in [5.41, 5.74) is 9.83. The number of pyridine rings is 1. The number of carbonyl (C=O) groups excluding carboxylic acids is 1. The fraction of sp³-hybridized carbons (Fsp3) is 0.357. The molecule has 0 aliphatic carbocycles. The molecule has 3 rings (SSSR count). The molecule has 6 nitrogen and oxygen atoms in total. The zero-order valence-corrected chi connectivity index (χ0v) is 11.8. The summed E-state index contributed by atoms with van der Waals surface area (Å²) in [6.07, 6.45) is 0.409. The molecular weight excluding hydrogens is 254 g/mol. The van der Waals surface area contributed by atoms with E-state index in [-0.39, 0.29) is 11.8 Å². The maximum absolute atomic E-state index is 11.9. The summed E-state index contributed by atoms with van der Waals surface area (Å²) in [7, 11) is 1.91. The zero-order chi connectivity index (χ0) is 14.4. The van der Waals surface area contributed by atoms with Gasteiger partial charge in [-0.2, -0.15) is 5.10 Å². The highest BCUT2D eigenvalue weighted by atomic mass is 16.1. The molecular formula is C14H17N5O. The number of amides is 1. The second-order valence-electron chi connectivity index (χ2n) is 5.19. The smallest absolute Gasteiger partial charge is 0.226 e. The average Bonchev–Trinajstić information content (AvgIpc) is 2.61. The van der Waals surface area contributed by atoms with E-state index in [1.807, 2.05) is 31.6 Å². The number of rotatable bonds is 1. The molecule has 1 atom stereocenters. The fourth-order valence-corrected chi connectivity index (χ4v) is 2.90. The minimum absolute atomic E-state index is 0.0134. The number of aromatic nitrogens is 3. The van der Waals surface area contributed by atoms with Crippen molar-refractivity contribution >= 4 is 17.5 Å². The number of fused-ring (bicyclic) bond motifs is 1. The molecule has 1 aliphatic rings. The van der Waals surface area contributed by atoms with E-state index in [1.165, 1.54) is 0 Å². The van der Waals surface area contributed by atoms with Crippen LogP contribution in [0, 0.1) is 13.8 Å². The largest absolute Gasteiger partial charge is 0.384 e. The zero-order valence-electron chi connectivity index (χ0n) is 11.8. The quantitative estimate of drug-likeness (QED) is 0.822. The Labute approximate surface area is 117 Å². The molecule has 104 valence electrons. The van der Waals surface area contributed by atoms with Crippen molar-refractivity contribution in [1.82, 2.24) is 14.8 Å². The van der Waals surface area contributed by atoms with Crippen molar-refractivity contribution < 1.29 is 4.79 Å². The third-order valence-corrected chi connectivity index (χ3v) is 3.88. The van der Waals surface area contributed by atoms with Gasteiger partial charge in [-0.15, -0.1) is 0 Å². The first-order chi connectivity index (χ1) is 9.47. The lowest BCUT2D eigenvalue weighted by atomic mass is 9.85. The summed E-state index contributed by atoms with van der Waals surface area (Å²) in [4.78, 5) is 16.2. The Morgan fingerprint density at radius 2 is 2.15 bits per heavy atom. The van der Waals surface area contributed by atoms with Crippen molar-refractivity contribution in [2.45, 2.75) is 26.2 Å². The highest BCUT2D eigenvalue weighted by Crippen LogP contribution is 2.38. The third-order valence-electron chi connectivity index (χ3n) is 3.88. The van der Waals surface area contributed by atoms with E-state index in [9.17, 15) is 4.79 Å². The van der Waals surface area contributed by atoms with Gasteiger partial charge in [0.25, 0.3) is 0 Å². The second-order valence-corrected chi connectivity index (χ2v) is 5.19. The molecule has 6 heteroatoms. The van der Waals surface area contributed by atoms with Crippen LogP contribution in [0.25, 0.3) is 0 Å². The van der Waals surface area contributed by atoms with Crippen molar-refractivity contribution in [1.29, 1.82) is 0 Å². The van der Waals surface area contributed by atoms with Crippen molar-refractivity contribution in [2.75, 3.05) is 11.1 Å². The van der Waals surface area contributed by atoms with Gasteiger partial charge in [0.1, 0.15) is 11.6 Å². The SMILES string of the molecule is Cc1nn(C)c(C)c1[C@H]1CC(=O)Nc2nc(N)ccc21. The summed E-state index contributed by atoms with van der Waals surface area (Å²) in [5, 5.41) is 7.23. The van der Waals surface area contributed by atoms with E-state index >= 15 is 0 Å². The Morgan fingerprint density at radius 3 is 2.80 bits per heavy atom. The maximum atomic E-state index is 11.9. The Bertz CT molecular complexity index is 704. The van der Waals surface area contributed by atoms with Crippen molar-refractivity contribution in [3.63, 3.8) is 0 Å². The third kappa shape index (κ3) is 1.84. The summed E-state index contributed by atoms with van der Waals surface area (Å²) in [6.45, 7) is 3.99. The number of nitrogens with two attached hydrogens (primary N) is 1. The van der Waals surface area contributed by atoms with Crippen molar-refractivity contribution in [3.8, 4) is 0 Å². The Morgan fingerprint density at radius 1 is 1.40 bits per heavy atom. The van der Waals surface area contributed by atoms with Gasteiger partial charge >= 0.3 is 0 Å². The predicted molar refractivity (Wildman–Crippen MR) is 76.4 cm³/mol. The summed E-state index contributed by atoms with van der Waals surface area (Å²) < 4.78 is 1.85. The van der Waals surface area contributed by atoms with Gasteiger partial charge < -0.3 is 11.1 Å². The van der Waals surface area contributed by atoms with Gasteiger partial charge in [0, 0.05) is 36.2 Å². The highest BCUT2D eigenvalue weighted by molar-refractivity contribution is 5.94. The van der Waals surface area contributed by atoms with Crippen LogP contribution in [0.2, 0.25) is 0 Å². The van der Waals surface area contributed by atoms with Gasteiger partial charge in [-0.1, -0.05) is 6.07 Å². The van der Waals surface area contributed by atoms with Crippen LogP contribution < -0.4 is 11.1 Å². The molecule has 0 saturated carbocycles. The van der Waals surface area contributed by atoms with Gasteiger partial charge in [-0.05, 0) is 19.9 Å². The van der Waals surface area contributed by atoms with Crippen molar-refractivity contribution in [2.24, 2.45) is 7.05 Å². The number of hydrogen-bond donors (Lipinski definition) is 2. The van der Waals surface area contributed by atoms with Crippen molar-refractivity contribution in [3.05, 3.63) is 34.6 Å². The summed E-state index contributed by atoms with van der Waals surface area (Å²) >= 11 is 0. The average molecular weight is 271 g/mol. The van der Waals surface area contributed by atoms with Crippen LogP contribution in [0.3, 0.4) is 0 Å². The van der Waals surface area contributed by atoms with Crippen LogP contribution in [0.1, 0.15) is 34.9 Å². The van der Waals surface area contributed by atoms with E-state index in [2.05, 4.69) is 15.4 Å². The Balaban J connectivity index is 2.18. The predicted octanol–water partition coefficient (Wildman–Crippen LogP) is 1.49. The molecule has 0 spiro atoms. The maximum Gasteiger partial charge on any atom is 0.226 e. The lowest BCUT2D eigenvalue weighted by Crippen LogP contribution is -2.25. The van der Waals surface area contributed by atoms with Crippen LogP contribution in [0.5, 0.6) is 0 Å². The van der Waals surface area contributed by atoms with Gasteiger partial charge in [0.05, 0.1) is 5.69 Å². The van der Waals surface area contributed by atoms with Crippen LogP contribution in [-0.4, -0.2) is 20.7 Å². The highest BCUT2D eigenvalue weighted by Gasteiger charge is 2.31. The summed E-state index contributed by atoms with van der Waals surface area (Å²) in [6, 6.07) is 3.71. The molecule has 2 aromatic heterocycles. The monoisotopic (exact) mass is 271 g/mol. The molecule has 0 saturated heterocycles. The number of aryl methyl sites for hydroxylation is 2. The molecule has 0 unspecified atom stereocenters. The van der Waals surface area contributed by atoms with E-state index in [1.54, 1.807) is 6.07 Å².